The van der Waals surface area contributed by atoms with Gasteiger partial charge in [-0.3, -0.25) is 15.1 Å². The molecule has 0 fully saturated rings. The Bertz CT molecular complexity index is 724. The number of nitrogens with zero attached hydrogens (tertiary/aromatic N) is 2. The van der Waals surface area contributed by atoms with Gasteiger partial charge in [-0.2, -0.15) is 0 Å². The molecule has 1 atom stereocenters. The number of hydrazine groups is 1. The highest BCUT2D eigenvalue weighted by Crippen LogP contribution is 2.28. The summed E-state index contributed by atoms with van der Waals surface area (Å²) in [6.07, 6.45) is 6.28. The SMILES string of the molecule is C/C=C\C(=C/N(C)C=O)C1NN(c2ccccc2)C(NC(N)=O)=C1C. The first-order chi connectivity index (χ1) is 12.0. The molecule has 132 valence electrons. The van der Waals surface area contributed by atoms with Crippen molar-refractivity contribution in [3.63, 3.8) is 0 Å². The van der Waals surface area contributed by atoms with Crippen molar-refractivity contribution in [2.24, 2.45) is 5.73 Å². The Labute approximate surface area is 147 Å². The summed E-state index contributed by atoms with van der Waals surface area (Å²) in [5.74, 6) is 0.577. The predicted molar refractivity (Wildman–Crippen MR) is 98.0 cm³/mol. The van der Waals surface area contributed by atoms with E-state index in [-0.39, 0.29) is 6.04 Å². The Morgan fingerprint density at radius 1 is 1.36 bits per heavy atom. The number of hydrogen-bond donors (Lipinski definition) is 3. The molecule has 1 unspecified atom stereocenters. The summed E-state index contributed by atoms with van der Waals surface area (Å²) < 4.78 is 0. The number of amides is 3. The number of rotatable bonds is 6. The number of carbonyl (C=O) groups excluding carboxylic acids is 2. The third-order valence-electron chi connectivity index (χ3n) is 3.76. The topological polar surface area (TPSA) is 90.7 Å². The molecular formula is C18H23N5O2. The third kappa shape index (κ3) is 4.27. The third-order valence-corrected chi connectivity index (χ3v) is 3.76. The Hall–Kier alpha value is -3.06. The van der Waals surface area contributed by atoms with Crippen LogP contribution >= 0.6 is 0 Å². The normalized spacial score (nSPS) is 18.0. The van der Waals surface area contributed by atoms with Crippen molar-refractivity contribution in [3.8, 4) is 0 Å². The zero-order chi connectivity index (χ0) is 18.4. The largest absolute Gasteiger partial charge is 0.351 e. The number of para-hydroxylation sites is 1. The van der Waals surface area contributed by atoms with Gasteiger partial charge in [0.15, 0.2) is 0 Å². The summed E-state index contributed by atoms with van der Waals surface area (Å²) >= 11 is 0. The molecule has 0 bridgehead atoms. The van der Waals surface area contributed by atoms with Gasteiger partial charge in [0, 0.05) is 13.2 Å². The van der Waals surface area contributed by atoms with E-state index >= 15 is 0 Å². The summed E-state index contributed by atoms with van der Waals surface area (Å²) in [7, 11) is 1.67. The van der Waals surface area contributed by atoms with Gasteiger partial charge in [0.2, 0.25) is 6.41 Å². The van der Waals surface area contributed by atoms with Crippen molar-refractivity contribution in [2.75, 3.05) is 12.1 Å². The first-order valence-corrected chi connectivity index (χ1v) is 7.88. The average Bonchev–Trinajstić information content (AvgIpc) is 2.91. The number of nitrogens with two attached hydrogens (primary N) is 1. The van der Waals surface area contributed by atoms with Crippen molar-refractivity contribution >= 4 is 18.1 Å². The van der Waals surface area contributed by atoms with Gasteiger partial charge < -0.3 is 10.6 Å². The molecule has 1 aliphatic rings. The van der Waals surface area contributed by atoms with Crippen LogP contribution in [0.25, 0.3) is 0 Å². The summed E-state index contributed by atoms with van der Waals surface area (Å²) in [6.45, 7) is 3.81. The smallest absolute Gasteiger partial charge is 0.317 e. The van der Waals surface area contributed by atoms with Crippen LogP contribution in [-0.2, 0) is 4.79 Å². The van der Waals surface area contributed by atoms with Crippen LogP contribution in [0.1, 0.15) is 13.8 Å². The van der Waals surface area contributed by atoms with Crippen molar-refractivity contribution in [2.45, 2.75) is 19.9 Å². The van der Waals surface area contributed by atoms with E-state index < -0.39 is 6.03 Å². The van der Waals surface area contributed by atoms with Gasteiger partial charge in [0.05, 0.1) is 11.7 Å². The molecule has 1 aromatic rings. The number of nitrogens with one attached hydrogen (secondary N) is 2. The molecule has 1 aliphatic heterocycles. The summed E-state index contributed by atoms with van der Waals surface area (Å²) in [6, 6.07) is 8.71. The van der Waals surface area contributed by atoms with E-state index in [4.69, 9.17) is 5.73 Å². The molecule has 0 aromatic heterocycles. The number of benzene rings is 1. The summed E-state index contributed by atoms with van der Waals surface area (Å²) in [5, 5.41) is 4.46. The highest BCUT2D eigenvalue weighted by molar-refractivity contribution is 5.76. The van der Waals surface area contributed by atoms with E-state index in [9.17, 15) is 9.59 Å². The second-order valence-electron chi connectivity index (χ2n) is 5.65. The van der Waals surface area contributed by atoms with Gasteiger partial charge in [-0.05, 0) is 37.1 Å². The number of urea groups is 1. The number of allylic oxidation sites excluding steroid dienone is 1. The molecule has 1 aromatic carbocycles. The van der Waals surface area contributed by atoms with Crippen LogP contribution in [0.2, 0.25) is 0 Å². The van der Waals surface area contributed by atoms with E-state index in [1.165, 1.54) is 4.90 Å². The van der Waals surface area contributed by atoms with Gasteiger partial charge >= 0.3 is 6.03 Å². The molecular weight excluding hydrogens is 318 g/mol. The molecule has 7 heteroatoms. The highest BCUT2D eigenvalue weighted by Gasteiger charge is 2.32. The number of anilines is 1. The monoisotopic (exact) mass is 341 g/mol. The molecule has 2 rings (SSSR count). The minimum atomic E-state index is -0.640. The second kappa shape index (κ2) is 8.16. The minimum absolute atomic E-state index is 0.222. The summed E-state index contributed by atoms with van der Waals surface area (Å²) in [5.41, 5.74) is 11.3. The molecule has 3 amide bonds. The lowest BCUT2D eigenvalue weighted by molar-refractivity contribution is -0.115. The fraction of sp³-hybridized carbons (Fsp3) is 0.222. The molecule has 0 radical (unpaired) electrons. The van der Waals surface area contributed by atoms with Gasteiger partial charge in [0.1, 0.15) is 5.82 Å². The molecule has 0 saturated heterocycles. The van der Waals surface area contributed by atoms with Crippen molar-refractivity contribution < 1.29 is 9.59 Å². The quantitative estimate of drug-likeness (QED) is 0.544. The lowest BCUT2D eigenvalue weighted by Crippen LogP contribution is -2.43. The van der Waals surface area contributed by atoms with Gasteiger partial charge in [0.25, 0.3) is 0 Å². The van der Waals surface area contributed by atoms with Crippen LogP contribution in [0.4, 0.5) is 10.5 Å². The lowest BCUT2D eigenvalue weighted by atomic mass is 10.0. The van der Waals surface area contributed by atoms with Crippen LogP contribution in [0.15, 0.2) is 65.7 Å². The highest BCUT2D eigenvalue weighted by atomic mass is 16.2. The second-order valence-corrected chi connectivity index (χ2v) is 5.65. The predicted octanol–water partition coefficient (Wildman–Crippen LogP) is 1.83. The molecule has 4 N–H and O–H groups in total. The summed E-state index contributed by atoms with van der Waals surface area (Å²) in [4.78, 5) is 23.9. The van der Waals surface area contributed by atoms with Crippen LogP contribution in [0.5, 0.6) is 0 Å². The molecule has 0 saturated carbocycles. The van der Waals surface area contributed by atoms with E-state index in [1.807, 2.05) is 56.3 Å². The molecule has 0 aliphatic carbocycles. The zero-order valence-electron chi connectivity index (χ0n) is 14.6. The Kier molecular flexibility index (Phi) is 5.97. The van der Waals surface area contributed by atoms with Crippen LogP contribution in [0, 0.1) is 0 Å². The lowest BCUT2D eigenvalue weighted by Gasteiger charge is -2.24. The van der Waals surface area contributed by atoms with Gasteiger partial charge in [-0.25, -0.2) is 10.2 Å². The van der Waals surface area contributed by atoms with Crippen molar-refractivity contribution in [3.05, 3.63) is 65.7 Å². The Morgan fingerprint density at radius 3 is 2.60 bits per heavy atom. The maximum atomic E-state index is 11.4. The fourth-order valence-corrected chi connectivity index (χ4v) is 2.65. The average molecular weight is 341 g/mol. The van der Waals surface area contributed by atoms with E-state index in [0.717, 1.165) is 23.2 Å². The van der Waals surface area contributed by atoms with E-state index in [2.05, 4.69) is 10.7 Å². The fourth-order valence-electron chi connectivity index (χ4n) is 2.65. The molecule has 1 heterocycles. The Balaban J connectivity index is 2.46. The molecule has 0 spiro atoms. The molecule has 25 heavy (non-hydrogen) atoms. The molecule has 7 nitrogen and oxygen atoms in total. The standard InChI is InChI=1S/C18H23N5O2/c1-4-8-14(11-22(3)12-24)16-13(2)17(20-18(19)25)23(21-16)15-9-6-5-7-10-15/h4-12,16,21H,1-3H3,(H3,19,20,25)/b8-4-,14-11+. The number of hydrogen-bond acceptors (Lipinski definition) is 4. The first kappa shape index (κ1) is 18.3. The van der Waals surface area contributed by atoms with Gasteiger partial charge in [-0.15, -0.1) is 0 Å². The van der Waals surface area contributed by atoms with Crippen LogP contribution < -0.4 is 21.5 Å². The maximum absolute atomic E-state index is 11.4. The van der Waals surface area contributed by atoms with Crippen LogP contribution in [0.3, 0.4) is 0 Å². The minimum Gasteiger partial charge on any atom is -0.351 e. The van der Waals surface area contributed by atoms with Gasteiger partial charge in [-0.1, -0.05) is 30.4 Å². The van der Waals surface area contributed by atoms with Crippen molar-refractivity contribution in [1.82, 2.24) is 15.6 Å². The number of carbonyl (C=O) groups is 2. The number of primary amides is 1. The maximum Gasteiger partial charge on any atom is 0.317 e. The Morgan fingerprint density at radius 2 is 2.04 bits per heavy atom. The van der Waals surface area contributed by atoms with Crippen LogP contribution in [-0.4, -0.2) is 30.4 Å². The van der Waals surface area contributed by atoms with E-state index in [0.29, 0.717) is 5.82 Å². The first-order valence-electron chi connectivity index (χ1n) is 7.88. The van der Waals surface area contributed by atoms with E-state index in [1.54, 1.807) is 18.3 Å². The van der Waals surface area contributed by atoms with Crippen molar-refractivity contribution in [1.29, 1.82) is 0 Å². The zero-order valence-corrected chi connectivity index (χ0v) is 14.6.